The molecule has 0 amide bonds. The minimum atomic E-state index is -2.60. The Morgan fingerprint density at radius 3 is 2.74 bits per heavy atom. The number of nitrogens with zero attached hydrogens (tertiary/aromatic N) is 2. The van der Waals surface area contributed by atoms with Crippen LogP contribution in [0.3, 0.4) is 0 Å². The summed E-state index contributed by atoms with van der Waals surface area (Å²) in [5.74, 6) is -3.18. The van der Waals surface area contributed by atoms with Crippen LogP contribution in [0.25, 0.3) is 0 Å². The van der Waals surface area contributed by atoms with E-state index in [2.05, 4.69) is 5.16 Å². The summed E-state index contributed by atoms with van der Waals surface area (Å²) in [6.07, 6.45) is 0.675. The van der Waals surface area contributed by atoms with Crippen LogP contribution in [-0.2, 0) is 13.0 Å². The molecule has 0 aliphatic heterocycles. The maximum atomic E-state index is 13.2. The van der Waals surface area contributed by atoms with Gasteiger partial charge < -0.3 is 0 Å². The molecule has 2 aromatic rings. The summed E-state index contributed by atoms with van der Waals surface area (Å²) in [4.78, 5) is 11.8. The van der Waals surface area contributed by atoms with Gasteiger partial charge in [0.25, 0.3) is 0 Å². The molecule has 0 N–H and O–H groups in total. The van der Waals surface area contributed by atoms with Crippen LogP contribution in [0.15, 0.2) is 33.6 Å². The van der Waals surface area contributed by atoms with Gasteiger partial charge in [-0.05, 0) is 36.5 Å². The van der Waals surface area contributed by atoms with Crippen molar-refractivity contribution < 1.29 is 17.7 Å². The molecule has 124 valence electrons. The Morgan fingerprint density at radius 1 is 1.30 bits per heavy atom. The molecular weight excluding hydrogens is 309 g/mol. The Hall–Kier alpha value is -2.05. The van der Waals surface area contributed by atoms with Crippen molar-refractivity contribution in [1.29, 1.82) is 0 Å². The van der Waals surface area contributed by atoms with Gasteiger partial charge in [-0.15, -0.1) is 0 Å². The van der Waals surface area contributed by atoms with E-state index in [0.29, 0.717) is 30.8 Å². The molecular formula is C16H17F3N2O2. The lowest BCUT2D eigenvalue weighted by Crippen LogP contribution is -2.29. The molecule has 7 heteroatoms. The second kappa shape index (κ2) is 6.22. The van der Waals surface area contributed by atoms with Gasteiger partial charge in [0.2, 0.25) is 5.92 Å². The van der Waals surface area contributed by atoms with Crippen molar-refractivity contribution >= 4 is 0 Å². The largest absolute Gasteiger partial charge is 0.441 e. The van der Waals surface area contributed by atoms with Gasteiger partial charge in [-0.2, -0.15) is 0 Å². The van der Waals surface area contributed by atoms with Crippen LogP contribution in [0.5, 0.6) is 0 Å². The molecule has 1 aromatic carbocycles. The lowest BCUT2D eigenvalue weighted by molar-refractivity contribution is -0.0475. The molecule has 1 aliphatic carbocycles. The van der Waals surface area contributed by atoms with Crippen LogP contribution in [0, 0.1) is 11.7 Å². The van der Waals surface area contributed by atoms with Crippen molar-refractivity contribution in [3.05, 3.63) is 52.0 Å². The predicted molar refractivity (Wildman–Crippen MR) is 76.9 cm³/mol. The second-order valence-electron chi connectivity index (χ2n) is 6.08. The smallest absolute Gasteiger partial charge is 0.296 e. The van der Waals surface area contributed by atoms with Crippen molar-refractivity contribution in [2.45, 2.75) is 44.6 Å². The van der Waals surface area contributed by atoms with E-state index in [1.54, 1.807) is 12.1 Å². The zero-order valence-corrected chi connectivity index (χ0v) is 12.5. The van der Waals surface area contributed by atoms with E-state index in [1.807, 2.05) is 0 Å². The molecule has 3 rings (SSSR count). The zero-order chi connectivity index (χ0) is 16.4. The first-order chi connectivity index (χ1) is 10.9. The Balaban J connectivity index is 1.73. The number of alkyl halides is 2. The fraction of sp³-hybridized carbons (Fsp3) is 0.500. The highest BCUT2D eigenvalue weighted by Crippen LogP contribution is 2.36. The number of halogens is 3. The molecule has 0 saturated heterocycles. The summed E-state index contributed by atoms with van der Waals surface area (Å²) in [6, 6.07) is 6.01. The molecule has 1 fully saturated rings. The SMILES string of the molecule is O=c1onc(Cc2cccc(F)c2)n1CC1CCC(F)(F)CC1. The van der Waals surface area contributed by atoms with Gasteiger partial charge in [-0.25, -0.2) is 18.0 Å². The molecule has 0 bridgehead atoms. The van der Waals surface area contributed by atoms with Crippen LogP contribution in [-0.4, -0.2) is 15.6 Å². The van der Waals surface area contributed by atoms with Crippen LogP contribution in [0.2, 0.25) is 0 Å². The highest BCUT2D eigenvalue weighted by atomic mass is 19.3. The molecule has 1 heterocycles. The van der Waals surface area contributed by atoms with E-state index in [4.69, 9.17) is 4.52 Å². The summed E-state index contributed by atoms with van der Waals surface area (Å²) in [5, 5.41) is 3.74. The van der Waals surface area contributed by atoms with Crippen molar-refractivity contribution in [2.24, 2.45) is 5.92 Å². The third-order valence-electron chi connectivity index (χ3n) is 4.29. The van der Waals surface area contributed by atoms with Gasteiger partial charge in [0.15, 0.2) is 5.82 Å². The van der Waals surface area contributed by atoms with E-state index in [0.717, 1.165) is 0 Å². The van der Waals surface area contributed by atoms with Gasteiger partial charge in [0.1, 0.15) is 5.82 Å². The quantitative estimate of drug-likeness (QED) is 0.865. The van der Waals surface area contributed by atoms with Crippen LogP contribution in [0.1, 0.15) is 37.1 Å². The first-order valence-electron chi connectivity index (χ1n) is 7.61. The van der Waals surface area contributed by atoms with Gasteiger partial charge in [0, 0.05) is 25.8 Å². The Labute approximate surface area is 130 Å². The Kier molecular flexibility index (Phi) is 4.28. The van der Waals surface area contributed by atoms with Crippen LogP contribution >= 0.6 is 0 Å². The average molecular weight is 326 g/mol. The van der Waals surface area contributed by atoms with Crippen LogP contribution in [0.4, 0.5) is 13.2 Å². The number of rotatable bonds is 4. The Bertz CT molecular complexity index is 729. The van der Waals surface area contributed by atoms with E-state index >= 15 is 0 Å². The van der Waals surface area contributed by atoms with Gasteiger partial charge in [0.05, 0.1) is 0 Å². The Morgan fingerprint density at radius 2 is 2.04 bits per heavy atom. The summed E-state index contributed by atoms with van der Waals surface area (Å²) in [7, 11) is 0. The maximum absolute atomic E-state index is 13.2. The lowest BCUT2D eigenvalue weighted by atomic mass is 9.86. The van der Waals surface area contributed by atoms with Gasteiger partial charge in [-0.3, -0.25) is 9.09 Å². The highest BCUT2D eigenvalue weighted by Gasteiger charge is 2.35. The maximum Gasteiger partial charge on any atom is 0.441 e. The highest BCUT2D eigenvalue weighted by molar-refractivity contribution is 5.19. The normalized spacial score (nSPS) is 18.2. The van der Waals surface area contributed by atoms with Crippen molar-refractivity contribution in [3.63, 3.8) is 0 Å². The molecule has 0 unspecified atom stereocenters. The van der Waals surface area contributed by atoms with Crippen molar-refractivity contribution in [2.75, 3.05) is 0 Å². The van der Waals surface area contributed by atoms with E-state index in [-0.39, 0.29) is 31.0 Å². The monoisotopic (exact) mass is 326 g/mol. The zero-order valence-electron chi connectivity index (χ0n) is 12.5. The molecule has 0 atom stereocenters. The molecule has 0 radical (unpaired) electrons. The first kappa shape index (κ1) is 15.8. The molecule has 0 spiro atoms. The number of aromatic nitrogens is 2. The second-order valence-corrected chi connectivity index (χ2v) is 6.08. The third kappa shape index (κ3) is 3.83. The lowest BCUT2D eigenvalue weighted by Gasteiger charge is -2.28. The average Bonchev–Trinajstić information content (AvgIpc) is 2.82. The predicted octanol–water partition coefficient (Wildman–Crippen LogP) is 3.39. The third-order valence-corrected chi connectivity index (χ3v) is 4.29. The summed E-state index contributed by atoms with van der Waals surface area (Å²) < 4.78 is 45.7. The van der Waals surface area contributed by atoms with Crippen LogP contribution < -0.4 is 5.76 Å². The fourth-order valence-corrected chi connectivity index (χ4v) is 2.97. The van der Waals surface area contributed by atoms with E-state index in [9.17, 15) is 18.0 Å². The molecule has 1 saturated carbocycles. The topological polar surface area (TPSA) is 48.0 Å². The van der Waals surface area contributed by atoms with E-state index in [1.165, 1.54) is 16.7 Å². The number of hydrogen-bond acceptors (Lipinski definition) is 3. The molecule has 1 aromatic heterocycles. The standard InChI is InChI=1S/C16H17F3N2O2/c17-13-3-1-2-12(8-13)9-14-20-23-15(22)21(14)10-11-4-6-16(18,19)7-5-11/h1-3,8,11H,4-7,9-10H2. The molecule has 4 nitrogen and oxygen atoms in total. The van der Waals surface area contributed by atoms with E-state index < -0.39 is 11.7 Å². The molecule has 1 aliphatic rings. The molecule has 23 heavy (non-hydrogen) atoms. The minimum Gasteiger partial charge on any atom is -0.296 e. The summed E-state index contributed by atoms with van der Waals surface area (Å²) in [6.45, 7) is 0.309. The van der Waals surface area contributed by atoms with Crippen molar-refractivity contribution in [1.82, 2.24) is 9.72 Å². The first-order valence-corrected chi connectivity index (χ1v) is 7.61. The minimum absolute atomic E-state index is 0.00187. The number of benzene rings is 1. The fourth-order valence-electron chi connectivity index (χ4n) is 2.97. The van der Waals surface area contributed by atoms with Gasteiger partial charge >= 0.3 is 5.76 Å². The van der Waals surface area contributed by atoms with Gasteiger partial charge in [-0.1, -0.05) is 17.3 Å². The summed E-state index contributed by atoms with van der Waals surface area (Å²) >= 11 is 0. The summed E-state index contributed by atoms with van der Waals surface area (Å²) in [5.41, 5.74) is 0.669. The number of hydrogen-bond donors (Lipinski definition) is 0. The van der Waals surface area contributed by atoms with Crippen molar-refractivity contribution in [3.8, 4) is 0 Å².